The molecule has 4 heteroatoms. The van der Waals surface area contributed by atoms with Crippen LogP contribution < -0.4 is 0 Å². The minimum atomic E-state index is -1.09. The Morgan fingerprint density at radius 2 is 1.35 bits per heavy atom. The Kier molecular flexibility index (Phi) is 14.5. The van der Waals surface area contributed by atoms with Gasteiger partial charge in [0.2, 0.25) is 0 Å². The van der Waals surface area contributed by atoms with Crippen LogP contribution in [0.25, 0.3) is 0 Å². The number of halogens is 1. The normalized spacial score (nSPS) is 14.1. The van der Waals surface area contributed by atoms with Gasteiger partial charge in [0.05, 0.1) is 0 Å². The molecule has 2 atom stereocenters. The monoisotopic (exact) mass is 331 g/mol. The van der Waals surface area contributed by atoms with E-state index >= 15 is 0 Å². The standard InChI is InChI=1S/C19H38FNO2/c1-4-6-8-10-11-13-15-18(14-12-9-7-5-2)16-21(20)17(3)19(22)23/h17-18H,4-16H2,1-3H3,(H,22,23). The molecule has 0 rings (SSSR count). The fraction of sp³-hybridized carbons (Fsp3) is 0.947. The van der Waals surface area contributed by atoms with Crippen molar-refractivity contribution in [1.29, 1.82) is 0 Å². The number of aliphatic carboxylic acids is 1. The maximum Gasteiger partial charge on any atom is 0.323 e. The smallest absolute Gasteiger partial charge is 0.323 e. The van der Waals surface area contributed by atoms with Crippen LogP contribution in [0.1, 0.15) is 97.8 Å². The first-order valence-corrected chi connectivity index (χ1v) is 9.68. The van der Waals surface area contributed by atoms with Gasteiger partial charge in [0, 0.05) is 6.54 Å². The summed E-state index contributed by atoms with van der Waals surface area (Å²) in [5, 5.41) is 9.44. The van der Waals surface area contributed by atoms with Crippen LogP contribution in [0.15, 0.2) is 0 Å². The van der Waals surface area contributed by atoms with Gasteiger partial charge in [0.25, 0.3) is 0 Å². The van der Waals surface area contributed by atoms with Gasteiger partial charge in [-0.1, -0.05) is 78.1 Å². The van der Waals surface area contributed by atoms with Gasteiger partial charge in [-0.25, -0.2) is 0 Å². The molecule has 0 amide bonds. The van der Waals surface area contributed by atoms with Crippen molar-refractivity contribution in [3.8, 4) is 0 Å². The summed E-state index contributed by atoms with van der Waals surface area (Å²) < 4.78 is 14.0. The van der Waals surface area contributed by atoms with Crippen molar-refractivity contribution >= 4 is 5.97 Å². The molecule has 0 aromatic carbocycles. The van der Waals surface area contributed by atoms with E-state index in [0.29, 0.717) is 5.12 Å². The van der Waals surface area contributed by atoms with Crippen LogP contribution in [-0.2, 0) is 4.79 Å². The summed E-state index contributed by atoms with van der Waals surface area (Å²) in [5.74, 6) is -0.804. The Labute approximate surface area is 142 Å². The second kappa shape index (κ2) is 14.9. The van der Waals surface area contributed by atoms with Gasteiger partial charge in [-0.2, -0.15) is 0 Å². The van der Waals surface area contributed by atoms with Crippen LogP contribution >= 0.6 is 0 Å². The molecule has 0 spiro atoms. The van der Waals surface area contributed by atoms with E-state index in [0.717, 1.165) is 25.7 Å². The number of carboxylic acid groups (broad SMARTS) is 1. The van der Waals surface area contributed by atoms with Gasteiger partial charge in [0.15, 0.2) is 0 Å². The lowest BCUT2D eigenvalue weighted by Crippen LogP contribution is -2.36. The first-order chi connectivity index (χ1) is 11.0. The Balaban J connectivity index is 4.13. The molecule has 0 bridgehead atoms. The number of unbranched alkanes of at least 4 members (excludes halogenated alkanes) is 8. The van der Waals surface area contributed by atoms with Gasteiger partial charge >= 0.3 is 5.97 Å². The highest BCUT2D eigenvalue weighted by atomic mass is 19.2. The number of hydrogen-bond acceptors (Lipinski definition) is 2. The molecule has 2 unspecified atom stereocenters. The first-order valence-electron chi connectivity index (χ1n) is 9.68. The summed E-state index contributed by atoms with van der Waals surface area (Å²) in [7, 11) is 0. The predicted octanol–water partition coefficient (Wildman–Crippen LogP) is 5.98. The van der Waals surface area contributed by atoms with Crippen molar-refractivity contribution in [2.24, 2.45) is 5.92 Å². The Morgan fingerprint density at radius 1 is 0.913 bits per heavy atom. The van der Waals surface area contributed by atoms with Gasteiger partial charge in [-0.05, 0) is 25.7 Å². The van der Waals surface area contributed by atoms with Crippen molar-refractivity contribution in [3.05, 3.63) is 0 Å². The lowest BCUT2D eigenvalue weighted by atomic mass is 9.94. The zero-order valence-electron chi connectivity index (χ0n) is 15.5. The van der Waals surface area contributed by atoms with Crippen LogP contribution in [0.3, 0.4) is 0 Å². The molecule has 1 N–H and O–H groups in total. The zero-order valence-corrected chi connectivity index (χ0v) is 15.5. The van der Waals surface area contributed by atoms with Crippen molar-refractivity contribution in [1.82, 2.24) is 5.12 Å². The van der Waals surface area contributed by atoms with Gasteiger partial charge in [-0.15, -0.1) is 9.60 Å². The second-order valence-electron chi connectivity index (χ2n) is 6.87. The lowest BCUT2D eigenvalue weighted by molar-refractivity contribution is -0.151. The van der Waals surface area contributed by atoms with Crippen LogP contribution in [0.5, 0.6) is 0 Å². The molecule has 23 heavy (non-hydrogen) atoms. The molecule has 0 aromatic rings. The van der Waals surface area contributed by atoms with E-state index in [1.165, 1.54) is 58.3 Å². The highest BCUT2D eigenvalue weighted by molar-refractivity contribution is 5.72. The van der Waals surface area contributed by atoms with Crippen molar-refractivity contribution in [2.75, 3.05) is 6.54 Å². The average molecular weight is 332 g/mol. The van der Waals surface area contributed by atoms with E-state index in [1.54, 1.807) is 0 Å². The van der Waals surface area contributed by atoms with Crippen molar-refractivity contribution in [2.45, 2.75) is 104 Å². The largest absolute Gasteiger partial charge is 0.480 e. The molecule has 0 aliphatic carbocycles. The third kappa shape index (κ3) is 12.4. The molecule has 0 saturated carbocycles. The van der Waals surface area contributed by atoms with Crippen LogP contribution in [-0.4, -0.2) is 28.8 Å². The Bertz CT molecular complexity index is 287. The summed E-state index contributed by atoms with van der Waals surface area (Å²) in [4.78, 5) is 10.9. The molecule has 0 aromatic heterocycles. The van der Waals surface area contributed by atoms with Crippen molar-refractivity contribution in [3.63, 3.8) is 0 Å². The van der Waals surface area contributed by atoms with Crippen LogP contribution in [0.2, 0.25) is 0 Å². The van der Waals surface area contributed by atoms with E-state index in [1.807, 2.05) is 0 Å². The number of carbonyl (C=O) groups is 1. The molecule has 138 valence electrons. The molecule has 0 radical (unpaired) electrons. The first kappa shape index (κ1) is 22.4. The molecule has 0 heterocycles. The summed E-state index contributed by atoms with van der Waals surface area (Å²) in [6, 6.07) is -1.04. The van der Waals surface area contributed by atoms with E-state index < -0.39 is 12.0 Å². The highest BCUT2D eigenvalue weighted by Gasteiger charge is 2.23. The maximum absolute atomic E-state index is 14.0. The third-order valence-electron chi connectivity index (χ3n) is 4.64. The van der Waals surface area contributed by atoms with E-state index in [9.17, 15) is 9.28 Å². The SMILES string of the molecule is CCCCCCCCC(CCCCCC)CN(F)C(C)C(=O)O. The molecular formula is C19H38FNO2. The lowest BCUT2D eigenvalue weighted by Gasteiger charge is -2.23. The van der Waals surface area contributed by atoms with Gasteiger partial charge < -0.3 is 5.11 Å². The average Bonchev–Trinajstić information content (AvgIpc) is 2.53. The van der Waals surface area contributed by atoms with Gasteiger partial charge in [-0.3, -0.25) is 4.79 Å². The molecular weight excluding hydrogens is 293 g/mol. The van der Waals surface area contributed by atoms with Crippen LogP contribution in [0.4, 0.5) is 4.48 Å². The second-order valence-corrected chi connectivity index (χ2v) is 6.87. The van der Waals surface area contributed by atoms with E-state index in [4.69, 9.17) is 5.11 Å². The van der Waals surface area contributed by atoms with E-state index in [2.05, 4.69) is 13.8 Å². The summed E-state index contributed by atoms with van der Waals surface area (Å²) in [6.07, 6.45) is 14.3. The molecule has 3 nitrogen and oxygen atoms in total. The van der Waals surface area contributed by atoms with Crippen molar-refractivity contribution < 1.29 is 14.4 Å². The predicted molar refractivity (Wildman–Crippen MR) is 95.2 cm³/mol. The molecule has 0 aliphatic rings. The quantitative estimate of drug-likeness (QED) is 0.279. The fourth-order valence-corrected chi connectivity index (χ4v) is 2.92. The molecule has 0 saturated heterocycles. The summed E-state index contributed by atoms with van der Waals surface area (Å²) >= 11 is 0. The number of hydrogen-bond donors (Lipinski definition) is 1. The molecule has 0 fully saturated rings. The minimum absolute atomic E-state index is 0.258. The summed E-state index contributed by atoms with van der Waals surface area (Å²) in [6.45, 7) is 6.08. The zero-order chi connectivity index (χ0) is 17.5. The van der Waals surface area contributed by atoms with E-state index in [-0.39, 0.29) is 12.5 Å². The highest BCUT2D eigenvalue weighted by Crippen LogP contribution is 2.21. The number of nitrogens with zero attached hydrogens (tertiary/aromatic N) is 1. The Hall–Kier alpha value is -0.640. The Morgan fingerprint density at radius 3 is 1.83 bits per heavy atom. The summed E-state index contributed by atoms with van der Waals surface area (Å²) in [5.41, 5.74) is 0. The number of rotatable bonds is 16. The minimum Gasteiger partial charge on any atom is -0.480 e. The number of carboxylic acids is 1. The molecule has 0 aliphatic heterocycles. The van der Waals surface area contributed by atoms with Gasteiger partial charge in [0.1, 0.15) is 6.04 Å². The van der Waals surface area contributed by atoms with Crippen LogP contribution in [0, 0.1) is 5.92 Å². The topological polar surface area (TPSA) is 40.5 Å². The third-order valence-corrected chi connectivity index (χ3v) is 4.64. The fourth-order valence-electron chi connectivity index (χ4n) is 2.92. The maximum atomic E-state index is 14.0.